The summed E-state index contributed by atoms with van der Waals surface area (Å²) >= 11 is 1.45. The van der Waals surface area contributed by atoms with Crippen LogP contribution >= 0.6 is 11.3 Å². The summed E-state index contributed by atoms with van der Waals surface area (Å²) in [5.41, 5.74) is 7.37. The van der Waals surface area contributed by atoms with Gasteiger partial charge in [0.05, 0.1) is 22.2 Å². The highest BCUT2D eigenvalue weighted by Crippen LogP contribution is 2.25. The van der Waals surface area contributed by atoms with Crippen molar-refractivity contribution in [2.45, 2.75) is 6.42 Å². The van der Waals surface area contributed by atoms with Crippen molar-refractivity contribution in [2.24, 2.45) is 5.73 Å². The standard InChI is InChI=1S/C16H11F2N5S/c17-8-4-9(18)15-11(5-8)21-13(23-15)6-14-22-10-2-1-7(16(19)20)3-12(10)24-14/h1-5H,6H2,(H3,19,20)(H,21,23). The smallest absolute Gasteiger partial charge is 0.153 e. The predicted octanol–water partition coefficient (Wildman–Crippen LogP) is 3.33. The first-order chi connectivity index (χ1) is 11.5. The van der Waals surface area contributed by atoms with E-state index in [1.54, 1.807) is 12.1 Å². The molecule has 0 aliphatic carbocycles. The van der Waals surface area contributed by atoms with E-state index in [1.165, 1.54) is 17.4 Å². The van der Waals surface area contributed by atoms with Crippen LogP contribution in [0.2, 0.25) is 0 Å². The lowest BCUT2D eigenvalue weighted by Crippen LogP contribution is -2.10. The van der Waals surface area contributed by atoms with Crippen LogP contribution in [0.5, 0.6) is 0 Å². The van der Waals surface area contributed by atoms with Crippen LogP contribution in [-0.4, -0.2) is 20.8 Å². The van der Waals surface area contributed by atoms with Crippen LogP contribution in [0.15, 0.2) is 30.3 Å². The number of aromatic amines is 1. The third-order valence-electron chi connectivity index (χ3n) is 3.62. The summed E-state index contributed by atoms with van der Waals surface area (Å²) in [5.74, 6) is -0.822. The van der Waals surface area contributed by atoms with Crippen molar-refractivity contribution in [1.82, 2.24) is 15.0 Å². The topological polar surface area (TPSA) is 91.4 Å². The molecule has 4 N–H and O–H groups in total. The molecule has 0 radical (unpaired) electrons. The Morgan fingerprint density at radius 3 is 2.83 bits per heavy atom. The summed E-state index contributed by atoms with van der Waals surface area (Å²) < 4.78 is 27.9. The van der Waals surface area contributed by atoms with Gasteiger partial charge in [0, 0.05) is 11.6 Å². The second-order valence-corrected chi connectivity index (χ2v) is 6.46. The van der Waals surface area contributed by atoms with Gasteiger partial charge in [0.2, 0.25) is 0 Å². The number of benzene rings is 2. The van der Waals surface area contributed by atoms with E-state index in [4.69, 9.17) is 11.1 Å². The van der Waals surface area contributed by atoms with Crippen molar-refractivity contribution in [1.29, 1.82) is 5.41 Å². The second-order valence-electron chi connectivity index (χ2n) is 5.35. The maximum absolute atomic E-state index is 13.7. The molecule has 0 saturated carbocycles. The van der Waals surface area contributed by atoms with E-state index >= 15 is 0 Å². The van der Waals surface area contributed by atoms with Crippen LogP contribution in [0.3, 0.4) is 0 Å². The van der Waals surface area contributed by atoms with Crippen LogP contribution in [0, 0.1) is 17.0 Å². The van der Waals surface area contributed by atoms with Crippen molar-refractivity contribution in [2.75, 3.05) is 0 Å². The van der Waals surface area contributed by atoms with Gasteiger partial charge in [-0.2, -0.15) is 0 Å². The Morgan fingerprint density at radius 1 is 1.21 bits per heavy atom. The molecular weight excluding hydrogens is 332 g/mol. The van der Waals surface area contributed by atoms with Gasteiger partial charge < -0.3 is 10.7 Å². The summed E-state index contributed by atoms with van der Waals surface area (Å²) in [7, 11) is 0. The summed E-state index contributed by atoms with van der Waals surface area (Å²) in [4.78, 5) is 11.6. The average Bonchev–Trinajstić information content (AvgIpc) is 3.09. The van der Waals surface area contributed by atoms with Crippen molar-refractivity contribution in [3.63, 3.8) is 0 Å². The lowest BCUT2D eigenvalue weighted by molar-refractivity contribution is 0.590. The molecule has 0 atom stereocenters. The highest BCUT2D eigenvalue weighted by atomic mass is 32.1. The molecule has 4 aromatic rings. The number of imidazole rings is 1. The Balaban J connectivity index is 1.71. The molecule has 0 saturated heterocycles. The van der Waals surface area contributed by atoms with Crippen LogP contribution in [-0.2, 0) is 6.42 Å². The van der Waals surface area contributed by atoms with E-state index in [9.17, 15) is 8.78 Å². The SMILES string of the molecule is N=C(N)c1ccc2nc(Cc3nc4c(F)cc(F)cc4[nH]3)sc2c1. The molecule has 0 bridgehead atoms. The number of hydrogen-bond acceptors (Lipinski definition) is 4. The maximum atomic E-state index is 13.7. The molecule has 2 heterocycles. The number of hydrogen-bond donors (Lipinski definition) is 3. The van der Waals surface area contributed by atoms with Crippen molar-refractivity contribution < 1.29 is 8.78 Å². The van der Waals surface area contributed by atoms with Crippen molar-refractivity contribution >= 4 is 38.4 Å². The molecule has 2 aromatic heterocycles. The van der Waals surface area contributed by atoms with E-state index in [-0.39, 0.29) is 11.4 Å². The van der Waals surface area contributed by atoms with E-state index in [0.29, 0.717) is 23.3 Å². The monoisotopic (exact) mass is 343 g/mol. The zero-order chi connectivity index (χ0) is 16.8. The number of nitrogens with one attached hydrogen (secondary N) is 2. The summed E-state index contributed by atoms with van der Waals surface area (Å²) in [6.07, 6.45) is 0.379. The molecule has 4 rings (SSSR count). The van der Waals surface area contributed by atoms with Crippen molar-refractivity contribution in [3.8, 4) is 0 Å². The molecule has 5 nitrogen and oxygen atoms in total. The molecule has 8 heteroatoms. The molecule has 2 aromatic carbocycles. The second kappa shape index (κ2) is 5.34. The largest absolute Gasteiger partial charge is 0.384 e. The first kappa shape index (κ1) is 14.7. The highest BCUT2D eigenvalue weighted by molar-refractivity contribution is 7.18. The van der Waals surface area contributed by atoms with Crippen LogP contribution < -0.4 is 5.73 Å². The maximum Gasteiger partial charge on any atom is 0.153 e. The number of nitrogen functional groups attached to an aromatic ring is 1. The number of nitrogens with zero attached hydrogens (tertiary/aromatic N) is 2. The van der Waals surface area contributed by atoms with Gasteiger partial charge in [0.15, 0.2) is 5.82 Å². The number of aromatic nitrogens is 3. The average molecular weight is 343 g/mol. The number of nitrogens with two attached hydrogens (primary N) is 1. The minimum atomic E-state index is -0.692. The molecule has 0 fully saturated rings. The molecular formula is C16H11F2N5S. The van der Waals surface area contributed by atoms with Gasteiger partial charge in [-0.3, -0.25) is 5.41 Å². The predicted molar refractivity (Wildman–Crippen MR) is 89.5 cm³/mol. The Hall–Kier alpha value is -2.87. The zero-order valence-corrected chi connectivity index (χ0v) is 13.0. The fraction of sp³-hybridized carbons (Fsp3) is 0.0625. The summed E-state index contributed by atoms with van der Waals surface area (Å²) in [6, 6.07) is 7.39. The first-order valence-corrected chi connectivity index (χ1v) is 7.89. The number of H-pyrrole nitrogens is 1. The fourth-order valence-corrected chi connectivity index (χ4v) is 3.55. The normalized spacial score (nSPS) is 11.4. The van der Waals surface area contributed by atoms with E-state index in [2.05, 4.69) is 15.0 Å². The molecule has 24 heavy (non-hydrogen) atoms. The highest BCUT2D eigenvalue weighted by Gasteiger charge is 2.12. The minimum Gasteiger partial charge on any atom is -0.384 e. The lowest BCUT2D eigenvalue weighted by atomic mass is 10.2. The van der Waals surface area contributed by atoms with Gasteiger partial charge in [-0.15, -0.1) is 11.3 Å². The summed E-state index contributed by atoms with van der Waals surface area (Å²) in [5, 5.41) is 8.26. The Bertz CT molecular complexity index is 1100. The van der Waals surface area contributed by atoms with Crippen molar-refractivity contribution in [3.05, 3.63) is 58.4 Å². The molecule has 0 aliphatic heterocycles. The first-order valence-electron chi connectivity index (χ1n) is 7.07. The molecule has 0 aliphatic rings. The van der Waals surface area contributed by atoms with E-state index in [0.717, 1.165) is 21.3 Å². The number of thiazole rings is 1. The van der Waals surface area contributed by atoms with Gasteiger partial charge in [-0.25, -0.2) is 18.7 Å². The van der Waals surface area contributed by atoms with Gasteiger partial charge in [-0.1, -0.05) is 0 Å². The van der Waals surface area contributed by atoms with Gasteiger partial charge in [0.1, 0.15) is 28.0 Å². The minimum absolute atomic E-state index is 0.00151. The number of fused-ring (bicyclic) bond motifs is 2. The number of rotatable bonds is 3. The Morgan fingerprint density at radius 2 is 2.04 bits per heavy atom. The third kappa shape index (κ3) is 2.50. The Labute approximate surface area is 138 Å². The molecule has 0 unspecified atom stereocenters. The molecule has 0 amide bonds. The molecule has 0 spiro atoms. The van der Waals surface area contributed by atoms with Gasteiger partial charge in [-0.05, 0) is 24.3 Å². The Kier molecular flexibility index (Phi) is 3.27. The quantitative estimate of drug-likeness (QED) is 0.394. The van der Waals surface area contributed by atoms with E-state index < -0.39 is 11.6 Å². The van der Waals surface area contributed by atoms with Gasteiger partial charge in [0.25, 0.3) is 0 Å². The van der Waals surface area contributed by atoms with Crippen LogP contribution in [0.25, 0.3) is 21.3 Å². The third-order valence-corrected chi connectivity index (χ3v) is 4.63. The van der Waals surface area contributed by atoms with Crippen LogP contribution in [0.1, 0.15) is 16.4 Å². The van der Waals surface area contributed by atoms with E-state index in [1.807, 2.05) is 6.07 Å². The fourth-order valence-electron chi connectivity index (χ4n) is 2.54. The molecule has 120 valence electrons. The lowest BCUT2D eigenvalue weighted by Gasteiger charge is -1.95. The summed E-state index contributed by atoms with van der Waals surface area (Å²) in [6.45, 7) is 0. The number of halogens is 2. The number of amidine groups is 1. The zero-order valence-electron chi connectivity index (χ0n) is 12.2. The van der Waals surface area contributed by atoms with Crippen LogP contribution in [0.4, 0.5) is 8.78 Å². The van der Waals surface area contributed by atoms with Gasteiger partial charge >= 0.3 is 0 Å².